The normalized spacial score (nSPS) is 11.8. The maximum Gasteiger partial charge on any atom is 0.435 e. The molecule has 4 rings (SSSR count). The van der Waals surface area contributed by atoms with E-state index in [1.165, 1.54) is 30.3 Å². The van der Waals surface area contributed by atoms with E-state index < -0.39 is 41.2 Å². The number of carbonyl (C=O) groups excluding carboxylic acids is 1. The molecule has 204 valence electrons. The van der Waals surface area contributed by atoms with E-state index >= 15 is 0 Å². The van der Waals surface area contributed by atoms with Gasteiger partial charge in [-0.25, -0.2) is 22.6 Å². The van der Waals surface area contributed by atoms with Gasteiger partial charge in [0.05, 0.1) is 29.5 Å². The van der Waals surface area contributed by atoms with Gasteiger partial charge in [-0.1, -0.05) is 35.9 Å². The molecular formula is C26H22F3N3O6S. The highest BCUT2D eigenvalue weighted by Crippen LogP contribution is 2.33. The minimum Gasteiger partial charge on any atom is -0.410 e. The number of aryl methyl sites for hydroxylation is 1. The van der Waals surface area contributed by atoms with Crippen LogP contribution >= 0.6 is 0 Å². The summed E-state index contributed by atoms with van der Waals surface area (Å²) >= 11 is 0. The van der Waals surface area contributed by atoms with Crippen LogP contribution in [0.25, 0.3) is 16.9 Å². The van der Waals surface area contributed by atoms with Crippen molar-refractivity contribution in [1.82, 2.24) is 14.5 Å². The Morgan fingerprint density at radius 1 is 0.949 bits per heavy atom. The predicted molar refractivity (Wildman–Crippen MR) is 133 cm³/mol. The van der Waals surface area contributed by atoms with Crippen molar-refractivity contribution in [3.63, 3.8) is 0 Å². The van der Waals surface area contributed by atoms with Crippen molar-refractivity contribution in [3.8, 4) is 22.7 Å². The van der Waals surface area contributed by atoms with Gasteiger partial charge in [-0.05, 0) is 60.5 Å². The molecule has 1 heterocycles. The summed E-state index contributed by atoms with van der Waals surface area (Å²) < 4.78 is 73.5. The van der Waals surface area contributed by atoms with Gasteiger partial charge in [-0.15, -0.1) is 0 Å². The Morgan fingerprint density at radius 3 is 2.08 bits per heavy atom. The number of benzene rings is 3. The van der Waals surface area contributed by atoms with Crippen molar-refractivity contribution < 1.29 is 41.3 Å². The first-order chi connectivity index (χ1) is 18.4. The van der Waals surface area contributed by atoms with Gasteiger partial charge in [0, 0.05) is 5.56 Å². The fourth-order valence-electron chi connectivity index (χ4n) is 3.68. The zero-order valence-corrected chi connectivity index (χ0v) is 21.1. The summed E-state index contributed by atoms with van der Waals surface area (Å²) in [7, 11) is -4.43. The third-order valence-corrected chi connectivity index (χ3v) is 6.89. The highest BCUT2D eigenvalue weighted by Gasteiger charge is 2.35. The number of rotatable bonds is 7. The smallest absolute Gasteiger partial charge is 0.410 e. The monoisotopic (exact) mass is 561 g/mol. The molecule has 0 saturated carbocycles. The maximum absolute atomic E-state index is 13.4. The summed E-state index contributed by atoms with van der Waals surface area (Å²) in [5.41, 5.74) is 1.23. The van der Waals surface area contributed by atoms with E-state index in [1.54, 1.807) is 29.0 Å². The Morgan fingerprint density at radius 2 is 1.54 bits per heavy atom. The van der Waals surface area contributed by atoms with Crippen molar-refractivity contribution in [3.05, 3.63) is 95.2 Å². The Labute approximate surface area is 221 Å². The van der Waals surface area contributed by atoms with E-state index in [2.05, 4.69) is 5.10 Å². The molecule has 0 saturated heterocycles. The number of carbonyl (C=O) groups is 1. The molecule has 3 N–H and O–H groups in total. The molecule has 39 heavy (non-hydrogen) atoms. The van der Waals surface area contributed by atoms with E-state index in [-0.39, 0.29) is 22.0 Å². The number of nitrogens with zero attached hydrogens (tertiary/aromatic N) is 2. The number of aromatic nitrogens is 2. The van der Waals surface area contributed by atoms with Crippen LogP contribution in [0.4, 0.5) is 18.0 Å². The van der Waals surface area contributed by atoms with Crippen LogP contribution in [-0.4, -0.2) is 34.5 Å². The van der Waals surface area contributed by atoms with E-state index in [4.69, 9.17) is 4.74 Å². The molecule has 0 aliphatic carbocycles. The first-order valence-corrected chi connectivity index (χ1v) is 12.8. The molecule has 3 aromatic carbocycles. The van der Waals surface area contributed by atoms with E-state index in [9.17, 15) is 36.6 Å². The summed E-state index contributed by atoms with van der Waals surface area (Å²) in [4.78, 5) is 11.9. The highest BCUT2D eigenvalue weighted by molar-refractivity contribution is 7.90. The van der Waals surface area contributed by atoms with Gasteiger partial charge in [0.25, 0.3) is 10.0 Å². The molecule has 1 amide bonds. The average molecular weight is 562 g/mol. The second kappa shape index (κ2) is 10.9. The number of ether oxygens (including phenoxy) is 1. The van der Waals surface area contributed by atoms with Gasteiger partial charge in [-0.2, -0.15) is 18.3 Å². The summed E-state index contributed by atoms with van der Waals surface area (Å²) in [5, 5.41) is 22.3. The topological polar surface area (TPSA) is 131 Å². The second-order valence-electron chi connectivity index (χ2n) is 8.48. The summed E-state index contributed by atoms with van der Waals surface area (Å²) in [6.07, 6.45) is -6.05. The van der Waals surface area contributed by atoms with Crippen molar-refractivity contribution in [2.24, 2.45) is 0 Å². The van der Waals surface area contributed by atoms with Gasteiger partial charge < -0.3 is 14.9 Å². The van der Waals surface area contributed by atoms with Crippen LogP contribution in [0.2, 0.25) is 0 Å². The number of halogens is 3. The molecule has 0 aliphatic heterocycles. The first kappa shape index (κ1) is 27.8. The minimum atomic E-state index is -4.70. The van der Waals surface area contributed by atoms with E-state index in [0.29, 0.717) is 16.7 Å². The number of alkyl halides is 3. The van der Waals surface area contributed by atoms with Crippen LogP contribution in [0, 0.1) is 6.92 Å². The Balaban J connectivity index is 1.58. The second-order valence-corrected chi connectivity index (χ2v) is 10.2. The maximum atomic E-state index is 13.4. The SMILES string of the molecule is Cc1ccc(-c2cc(C(F)(F)F)nn2-c2ccc(S(=O)(=O)NC(=O)Oc3cc(CO)cc(CO)c3)cc2)cc1. The molecule has 0 atom stereocenters. The molecule has 4 aromatic rings. The Bertz CT molecular complexity index is 1580. The highest BCUT2D eigenvalue weighted by atomic mass is 32.2. The quantitative estimate of drug-likeness (QED) is 0.306. The predicted octanol–water partition coefficient (Wildman–Crippen LogP) is 4.33. The van der Waals surface area contributed by atoms with E-state index in [1.807, 2.05) is 6.92 Å². The molecular weight excluding hydrogens is 539 g/mol. The van der Waals surface area contributed by atoms with Crippen LogP contribution in [0.1, 0.15) is 22.4 Å². The molecule has 0 unspecified atom stereocenters. The molecule has 1 aromatic heterocycles. The van der Waals surface area contributed by atoms with Crippen molar-refractivity contribution in [2.75, 3.05) is 0 Å². The summed E-state index contributed by atoms with van der Waals surface area (Å²) in [6.45, 7) is 1.04. The van der Waals surface area contributed by atoms with Crippen LogP contribution in [-0.2, 0) is 29.4 Å². The van der Waals surface area contributed by atoms with E-state index in [0.717, 1.165) is 28.4 Å². The van der Waals surface area contributed by atoms with Crippen LogP contribution in [0.15, 0.2) is 77.7 Å². The fourth-order valence-corrected chi connectivity index (χ4v) is 4.55. The number of sulfonamides is 1. The van der Waals surface area contributed by atoms with Gasteiger partial charge >= 0.3 is 12.3 Å². The van der Waals surface area contributed by atoms with Gasteiger partial charge in [0.15, 0.2) is 5.69 Å². The largest absolute Gasteiger partial charge is 0.435 e. The fraction of sp³-hybridized carbons (Fsp3) is 0.154. The van der Waals surface area contributed by atoms with Crippen LogP contribution in [0.5, 0.6) is 5.75 Å². The third-order valence-electron chi connectivity index (χ3n) is 5.56. The number of nitrogens with one attached hydrogen (secondary N) is 1. The lowest BCUT2D eigenvalue weighted by Crippen LogP contribution is -2.33. The molecule has 0 aliphatic rings. The summed E-state index contributed by atoms with van der Waals surface area (Å²) in [6, 6.07) is 16.5. The number of aliphatic hydroxyl groups is 2. The molecule has 0 bridgehead atoms. The molecule has 0 fully saturated rings. The Kier molecular flexibility index (Phi) is 7.77. The molecule has 0 spiro atoms. The lowest BCUT2D eigenvalue weighted by atomic mass is 10.1. The number of hydrogen-bond acceptors (Lipinski definition) is 7. The zero-order valence-electron chi connectivity index (χ0n) is 20.3. The average Bonchev–Trinajstić information content (AvgIpc) is 3.35. The van der Waals surface area contributed by atoms with Crippen molar-refractivity contribution in [1.29, 1.82) is 0 Å². The van der Waals surface area contributed by atoms with Gasteiger partial charge in [-0.3, -0.25) is 0 Å². The Hall–Kier alpha value is -4.20. The molecule has 9 nitrogen and oxygen atoms in total. The van der Waals surface area contributed by atoms with Crippen LogP contribution in [0.3, 0.4) is 0 Å². The lowest BCUT2D eigenvalue weighted by Gasteiger charge is -2.11. The standard InChI is InChI=1S/C26H22F3N3O6S/c1-16-2-4-19(5-3-16)23-13-24(26(27,28)29)30-32(23)20-6-8-22(9-7-20)39(36,37)31-25(35)38-21-11-17(14-33)10-18(12-21)15-34/h2-13,33-34H,14-15H2,1H3,(H,31,35). The van der Waals surface area contributed by atoms with Crippen molar-refractivity contribution in [2.45, 2.75) is 31.2 Å². The number of hydrogen-bond donors (Lipinski definition) is 3. The van der Waals surface area contributed by atoms with Gasteiger partial charge in [0.2, 0.25) is 0 Å². The number of aliphatic hydroxyl groups excluding tert-OH is 2. The first-order valence-electron chi connectivity index (χ1n) is 11.3. The third kappa shape index (κ3) is 6.45. The summed E-state index contributed by atoms with van der Waals surface area (Å²) in [5.74, 6) is -0.101. The molecule has 13 heteroatoms. The minimum absolute atomic E-state index is 0.101. The van der Waals surface area contributed by atoms with Crippen molar-refractivity contribution >= 4 is 16.1 Å². The number of amides is 1. The lowest BCUT2D eigenvalue weighted by molar-refractivity contribution is -0.141. The zero-order chi connectivity index (χ0) is 28.4. The molecule has 0 radical (unpaired) electrons. The van der Waals surface area contributed by atoms with Crippen LogP contribution < -0.4 is 9.46 Å². The van der Waals surface area contributed by atoms with Gasteiger partial charge in [0.1, 0.15) is 5.75 Å².